The molecule has 1 aromatic rings. The van der Waals surface area contributed by atoms with Gasteiger partial charge in [0.25, 0.3) is 0 Å². The van der Waals surface area contributed by atoms with Gasteiger partial charge in [-0.1, -0.05) is 19.1 Å². The van der Waals surface area contributed by atoms with Crippen molar-refractivity contribution >= 4 is 11.9 Å². The minimum Gasteiger partial charge on any atom is -0.481 e. The molecule has 0 heterocycles. The van der Waals surface area contributed by atoms with Crippen molar-refractivity contribution in [3.8, 4) is 0 Å². The standard InChI is InChI=1S/C16H17FO4/c1-16-11(13(16)14(18)19)5-6-12(16)15(20)21-8-9-3-2-4-10(17)7-9/h2-4,7,11-13H,5-6,8H2,1H3,(H,18,19)/t11-,12-,13+,16+/m0/s1. The van der Waals surface area contributed by atoms with E-state index in [1.807, 2.05) is 6.92 Å². The molecule has 0 spiro atoms. The predicted molar refractivity (Wildman–Crippen MR) is 71.6 cm³/mol. The minimum absolute atomic E-state index is 0.0194. The third kappa shape index (κ3) is 2.20. The van der Waals surface area contributed by atoms with E-state index in [1.54, 1.807) is 12.1 Å². The van der Waals surface area contributed by atoms with Crippen molar-refractivity contribution in [2.75, 3.05) is 0 Å². The largest absolute Gasteiger partial charge is 0.481 e. The van der Waals surface area contributed by atoms with Crippen molar-refractivity contribution in [1.29, 1.82) is 0 Å². The zero-order valence-corrected chi connectivity index (χ0v) is 11.7. The lowest BCUT2D eigenvalue weighted by atomic mass is 9.89. The molecule has 0 unspecified atom stereocenters. The van der Waals surface area contributed by atoms with Crippen molar-refractivity contribution in [2.45, 2.75) is 26.4 Å². The van der Waals surface area contributed by atoms with Gasteiger partial charge >= 0.3 is 11.9 Å². The fourth-order valence-electron chi connectivity index (χ4n) is 3.93. The molecule has 0 saturated heterocycles. The van der Waals surface area contributed by atoms with Crippen LogP contribution in [-0.4, -0.2) is 17.0 Å². The topological polar surface area (TPSA) is 63.6 Å². The summed E-state index contributed by atoms with van der Waals surface area (Å²) in [5.74, 6) is -2.28. The van der Waals surface area contributed by atoms with Gasteiger partial charge in [-0.25, -0.2) is 4.39 Å². The second-order valence-electron chi connectivity index (χ2n) is 6.16. The SMILES string of the molecule is C[C@]12[C@H](C(=O)OCc3cccc(F)c3)CC[C@H]1[C@@H]2C(=O)O. The maximum absolute atomic E-state index is 13.1. The zero-order valence-electron chi connectivity index (χ0n) is 11.7. The molecular formula is C16H17FO4. The molecule has 1 aromatic carbocycles. The molecule has 0 bridgehead atoms. The number of halogens is 1. The summed E-state index contributed by atoms with van der Waals surface area (Å²) < 4.78 is 18.3. The van der Waals surface area contributed by atoms with E-state index in [4.69, 9.17) is 9.84 Å². The van der Waals surface area contributed by atoms with Crippen LogP contribution in [0.1, 0.15) is 25.3 Å². The third-order valence-electron chi connectivity index (χ3n) is 5.10. The van der Waals surface area contributed by atoms with Gasteiger partial charge in [-0.05, 0) is 41.9 Å². The number of rotatable bonds is 4. The van der Waals surface area contributed by atoms with Crippen LogP contribution in [0.4, 0.5) is 4.39 Å². The fourth-order valence-corrected chi connectivity index (χ4v) is 3.93. The predicted octanol–water partition coefficient (Wildman–Crippen LogP) is 2.62. The third-order valence-corrected chi connectivity index (χ3v) is 5.10. The van der Waals surface area contributed by atoms with Crippen LogP contribution in [0.3, 0.4) is 0 Å². The van der Waals surface area contributed by atoms with E-state index in [-0.39, 0.29) is 30.2 Å². The molecular weight excluding hydrogens is 275 g/mol. The van der Waals surface area contributed by atoms with Gasteiger partial charge in [0.1, 0.15) is 12.4 Å². The van der Waals surface area contributed by atoms with Crippen LogP contribution >= 0.6 is 0 Å². The average Bonchev–Trinajstić information content (AvgIpc) is 2.89. The lowest BCUT2D eigenvalue weighted by Crippen LogP contribution is -2.26. The van der Waals surface area contributed by atoms with E-state index in [0.717, 1.165) is 6.42 Å². The van der Waals surface area contributed by atoms with Crippen molar-refractivity contribution in [3.05, 3.63) is 35.6 Å². The number of carboxylic acid groups (broad SMARTS) is 1. The second-order valence-corrected chi connectivity index (χ2v) is 6.16. The monoisotopic (exact) mass is 292 g/mol. The fraction of sp³-hybridized carbons (Fsp3) is 0.500. The van der Waals surface area contributed by atoms with E-state index < -0.39 is 17.3 Å². The Morgan fingerprint density at radius 1 is 1.43 bits per heavy atom. The second kappa shape index (κ2) is 4.83. The van der Waals surface area contributed by atoms with Gasteiger partial charge in [0.2, 0.25) is 0 Å². The van der Waals surface area contributed by atoms with Crippen LogP contribution in [-0.2, 0) is 20.9 Å². The number of carboxylic acids is 1. The molecule has 0 radical (unpaired) electrons. The van der Waals surface area contributed by atoms with E-state index in [1.165, 1.54) is 12.1 Å². The van der Waals surface area contributed by atoms with Gasteiger partial charge in [-0.2, -0.15) is 0 Å². The van der Waals surface area contributed by atoms with E-state index in [9.17, 15) is 14.0 Å². The first-order valence-corrected chi connectivity index (χ1v) is 7.08. The van der Waals surface area contributed by atoms with Crippen LogP contribution < -0.4 is 0 Å². The Morgan fingerprint density at radius 3 is 2.81 bits per heavy atom. The van der Waals surface area contributed by atoms with Crippen molar-refractivity contribution in [1.82, 2.24) is 0 Å². The van der Waals surface area contributed by atoms with Crippen molar-refractivity contribution in [2.24, 2.45) is 23.2 Å². The maximum atomic E-state index is 13.1. The van der Waals surface area contributed by atoms with Gasteiger partial charge in [0, 0.05) is 0 Å². The Kier molecular flexibility index (Phi) is 3.23. The minimum atomic E-state index is -0.829. The highest BCUT2D eigenvalue weighted by atomic mass is 19.1. The average molecular weight is 292 g/mol. The molecule has 2 aliphatic rings. The molecule has 0 aliphatic heterocycles. The Hall–Kier alpha value is -1.91. The smallest absolute Gasteiger partial charge is 0.309 e. The number of aliphatic carboxylic acids is 1. The van der Waals surface area contributed by atoms with Crippen molar-refractivity contribution < 1.29 is 23.8 Å². The maximum Gasteiger partial charge on any atom is 0.309 e. The molecule has 112 valence electrons. The molecule has 2 fully saturated rings. The summed E-state index contributed by atoms with van der Waals surface area (Å²) in [6.07, 6.45) is 1.43. The summed E-state index contributed by atoms with van der Waals surface area (Å²) in [4.78, 5) is 23.4. The van der Waals surface area contributed by atoms with E-state index >= 15 is 0 Å². The van der Waals surface area contributed by atoms with Crippen LogP contribution in [0.15, 0.2) is 24.3 Å². The Bertz CT molecular complexity index is 600. The quantitative estimate of drug-likeness (QED) is 0.866. The van der Waals surface area contributed by atoms with Gasteiger partial charge in [0.05, 0.1) is 11.8 Å². The normalized spacial score (nSPS) is 33.3. The first-order valence-electron chi connectivity index (χ1n) is 7.08. The molecule has 21 heavy (non-hydrogen) atoms. The van der Waals surface area contributed by atoms with Gasteiger partial charge in [0.15, 0.2) is 0 Å². The number of benzene rings is 1. The van der Waals surface area contributed by atoms with Crippen LogP contribution in [0.2, 0.25) is 0 Å². The van der Waals surface area contributed by atoms with Gasteiger partial charge in [-0.15, -0.1) is 0 Å². The lowest BCUT2D eigenvalue weighted by molar-refractivity contribution is -0.153. The summed E-state index contributed by atoms with van der Waals surface area (Å²) >= 11 is 0. The highest BCUT2D eigenvalue weighted by Crippen LogP contribution is 2.71. The number of hydrogen-bond acceptors (Lipinski definition) is 3. The first-order chi connectivity index (χ1) is 9.94. The molecule has 5 heteroatoms. The molecule has 2 aliphatic carbocycles. The summed E-state index contributed by atoms with van der Waals surface area (Å²) in [5, 5.41) is 9.17. The number of carbonyl (C=O) groups is 2. The number of ether oxygens (including phenoxy) is 1. The summed E-state index contributed by atoms with van der Waals surface area (Å²) in [5.41, 5.74) is 0.124. The molecule has 4 nitrogen and oxygen atoms in total. The Morgan fingerprint density at radius 2 is 2.19 bits per heavy atom. The lowest BCUT2D eigenvalue weighted by Gasteiger charge is -2.19. The molecule has 1 N–H and O–H groups in total. The van der Waals surface area contributed by atoms with E-state index in [0.29, 0.717) is 12.0 Å². The Balaban J connectivity index is 1.63. The highest BCUT2D eigenvalue weighted by Gasteiger charge is 2.73. The first kappa shape index (κ1) is 14.0. The number of fused-ring (bicyclic) bond motifs is 1. The van der Waals surface area contributed by atoms with E-state index in [2.05, 4.69) is 0 Å². The van der Waals surface area contributed by atoms with Crippen LogP contribution in [0.25, 0.3) is 0 Å². The van der Waals surface area contributed by atoms with Gasteiger partial charge in [-0.3, -0.25) is 9.59 Å². The van der Waals surface area contributed by atoms with Crippen LogP contribution in [0.5, 0.6) is 0 Å². The summed E-state index contributed by atoms with van der Waals surface area (Å²) in [6, 6.07) is 5.90. The van der Waals surface area contributed by atoms with Gasteiger partial charge < -0.3 is 9.84 Å². The molecule has 3 rings (SSSR count). The number of hydrogen-bond donors (Lipinski definition) is 1. The zero-order chi connectivity index (χ0) is 15.2. The molecule has 4 atom stereocenters. The Labute approximate surface area is 121 Å². The number of carbonyl (C=O) groups excluding carboxylic acids is 1. The highest BCUT2D eigenvalue weighted by molar-refractivity contribution is 5.82. The summed E-state index contributed by atoms with van der Waals surface area (Å²) in [6.45, 7) is 1.88. The summed E-state index contributed by atoms with van der Waals surface area (Å²) in [7, 11) is 0. The molecule has 2 saturated carbocycles. The molecule has 0 aromatic heterocycles. The molecule has 0 amide bonds. The number of esters is 1. The van der Waals surface area contributed by atoms with Crippen molar-refractivity contribution in [3.63, 3.8) is 0 Å². The van der Waals surface area contributed by atoms with Crippen LogP contribution in [0, 0.1) is 29.0 Å².